The first kappa shape index (κ1) is 12.9. The highest BCUT2D eigenvalue weighted by Gasteiger charge is 2.31. The lowest BCUT2D eigenvalue weighted by atomic mass is 9.79. The average molecular weight is 215 g/mol. The maximum atomic E-state index is 10.2. The summed E-state index contributed by atoms with van der Waals surface area (Å²) >= 11 is 0. The summed E-state index contributed by atoms with van der Waals surface area (Å²) in [7, 11) is 0. The number of aliphatic hydroxyl groups is 2. The third-order valence-corrected chi connectivity index (χ3v) is 3.22. The molecule has 0 unspecified atom stereocenters. The van der Waals surface area contributed by atoms with Gasteiger partial charge in [0, 0.05) is 13.1 Å². The molecule has 3 nitrogen and oxygen atoms in total. The van der Waals surface area contributed by atoms with Crippen LogP contribution >= 0.6 is 0 Å². The Kier molecular flexibility index (Phi) is 4.15. The van der Waals surface area contributed by atoms with Crippen molar-refractivity contribution < 1.29 is 10.2 Å². The first-order chi connectivity index (χ1) is 6.81. The molecule has 0 spiro atoms. The Morgan fingerprint density at radius 1 is 1.33 bits per heavy atom. The summed E-state index contributed by atoms with van der Waals surface area (Å²) in [4.78, 5) is 0. The maximum absolute atomic E-state index is 10.2. The molecule has 0 aromatic heterocycles. The number of hydrogen-bond acceptors (Lipinski definition) is 3. The monoisotopic (exact) mass is 215 g/mol. The second kappa shape index (κ2) is 4.81. The van der Waals surface area contributed by atoms with Gasteiger partial charge in [-0.15, -0.1) is 0 Å². The van der Waals surface area contributed by atoms with Crippen molar-refractivity contribution in [3.63, 3.8) is 0 Å². The van der Waals surface area contributed by atoms with E-state index in [-0.39, 0.29) is 0 Å². The van der Waals surface area contributed by atoms with Gasteiger partial charge >= 0.3 is 0 Å². The third kappa shape index (κ3) is 4.96. The quantitative estimate of drug-likeness (QED) is 0.662. The van der Waals surface area contributed by atoms with Gasteiger partial charge in [-0.1, -0.05) is 6.92 Å². The van der Waals surface area contributed by atoms with E-state index < -0.39 is 11.2 Å². The molecule has 0 aliphatic heterocycles. The molecule has 3 N–H and O–H groups in total. The molecular weight excluding hydrogens is 190 g/mol. The van der Waals surface area contributed by atoms with Gasteiger partial charge in [-0.25, -0.2) is 0 Å². The van der Waals surface area contributed by atoms with E-state index in [2.05, 4.69) is 12.2 Å². The molecule has 0 aromatic rings. The average Bonchev–Trinajstić information content (AvgIpc) is 2.09. The summed E-state index contributed by atoms with van der Waals surface area (Å²) in [6.45, 7) is 6.92. The van der Waals surface area contributed by atoms with Gasteiger partial charge in [-0.3, -0.25) is 0 Å². The first-order valence-electron chi connectivity index (χ1n) is 5.96. The molecule has 90 valence electrons. The number of nitrogens with one attached hydrogen (secondary N) is 1. The van der Waals surface area contributed by atoms with Crippen molar-refractivity contribution >= 4 is 0 Å². The molecule has 0 atom stereocenters. The van der Waals surface area contributed by atoms with E-state index in [0.717, 1.165) is 31.6 Å². The molecule has 1 aliphatic rings. The van der Waals surface area contributed by atoms with Crippen LogP contribution in [0.15, 0.2) is 0 Å². The summed E-state index contributed by atoms with van der Waals surface area (Å²) in [6, 6.07) is 0. The van der Waals surface area contributed by atoms with Crippen LogP contribution in [0.25, 0.3) is 0 Å². The molecule has 0 heterocycles. The summed E-state index contributed by atoms with van der Waals surface area (Å²) in [5, 5.41) is 22.9. The number of hydrogen-bond donors (Lipinski definition) is 3. The van der Waals surface area contributed by atoms with Gasteiger partial charge in [0.2, 0.25) is 0 Å². The second-order valence-corrected chi connectivity index (χ2v) is 5.82. The van der Waals surface area contributed by atoms with Crippen molar-refractivity contribution in [2.75, 3.05) is 13.1 Å². The number of rotatable bonds is 4. The van der Waals surface area contributed by atoms with Gasteiger partial charge in [0.05, 0.1) is 11.2 Å². The summed E-state index contributed by atoms with van der Waals surface area (Å²) in [5.74, 6) is 0.750. The Balaban J connectivity index is 2.25. The van der Waals surface area contributed by atoms with Crippen LogP contribution in [0.2, 0.25) is 0 Å². The van der Waals surface area contributed by atoms with E-state index in [1.165, 1.54) is 0 Å². The Labute approximate surface area is 92.9 Å². The van der Waals surface area contributed by atoms with Gasteiger partial charge in [-0.2, -0.15) is 0 Å². The van der Waals surface area contributed by atoms with Crippen LogP contribution in [0, 0.1) is 5.92 Å². The molecular formula is C12H25NO2. The highest BCUT2D eigenvalue weighted by molar-refractivity contribution is 4.87. The maximum Gasteiger partial charge on any atom is 0.0771 e. The highest BCUT2D eigenvalue weighted by Crippen LogP contribution is 2.31. The molecule has 15 heavy (non-hydrogen) atoms. The van der Waals surface area contributed by atoms with Crippen LogP contribution in [-0.2, 0) is 0 Å². The molecule has 1 rings (SSSR count). The minimum absolute atomic E-state index is 0.533. The third-order valence-electron chi connectivity index (χ3n) is 3.22. The summed E-state index contributed by atoms with van der Waals surface area (Å²) in [5.41, 5.74) is -1.24. The van der Waals surface area contributed by atoms with Gasteiger partial charge in [0.15, 0.2) is 0 Å². The van der Waals surface area contributed by atoms with Crippen LogP contribution in [-0.4, -0.2) is 34.5 Å². The molecule has 0 saturated heterocycles. The Morgan fingerprint density at radius 2 is 1.87 bits per heavy atom. The zero-order valence-electron chi connectivity index (χ0n) is 10.2. The summed E-state index contributed by atoms with van der Waals surface area (Å²) in [6.07, 6.45) is 3.99. The van der Waals surface area contributed by atoms with Gasteiger partial charge in [-0.05, 0) is 45.4 Å². The van der Waals surface area contributed by atoms with Crippen molar-refractivity contribution in [3.8, 4) is 0 Å². The standard InChI is InChI=1S/C12H25NO2/c1-10-4-6-12(15,7-5-10)9-13-8-11(2,3)14/h10,13-15H,4-9H2,1-3H3. The van der Waals surface area contributed by atoms with E-state index in [1.54, 1.807) is 13.8 Å². The molecule has 0 aromatic carbocycles. The molecule has 1 aliphatic carbocycles. The van der Waals surface area contributed by atoms with Gasteiger partial charge in [0.25, 0.3) is 0 Å². The van der Waals surface area contributed by atoms with Crippen molar-refractivity contribution in [1.82, 2.24) is 5.32 Å². The zero-order valence-corrected chi connectivity index (χ0v) is 10.2. The van der Waals surface area contributed by atoms with E-state index >= 15 is 0 Å². The van der Waals surface area contributed by atoms with Crippen molar-refractivity contribution in [1.29, 1.82) is 0 Å². The van der Waals surface area contributed by atoms with Crippen molar-refractivity contribution in [2.45, 2.75) is 57.7 Å². The predicted octanol–water partition coefficient (Wildman–Crippen LogP) is 1.29. The van der Waals surface area contributed by atoms with Crippen LogP contribution in [0.3, 0.4) is 0 Å². The lowest BCUT2D eigenvalue weighted by Gasteiger charge is -2.35. The summed E-state index contributed by atoms with van der Waals surface area (Å²) < 4.78 is 0. The first-order valence-corrected chi connectivity index (χ1v) is 5.96. The Hall–Kier alpha value is -0.120. The molecule has 1 fully saturated rings. The van der Waals surface area contributed by atoms with Crippen LogP contribution < -0.4 is 5.32 Å². The van der Waals surface area contributed by atoms with E-state index in [0.29, 0.717) is 13.1 Å². The minimum Gasteiger partial charge on any atom is -0.389 e. The normalized spacial score (nSPS) is 33.0. The molecule has 0 amide bonds. The molecule has 1 saturated carbocycles. The predicted molar refractivity (Wildman–Crippen MR) is 61.7 cm³/mol. The Morgan fingerprint density at radius 3 is 2.33 bits per heavy atom. The van der Waals surface area contributed by atoms with E-state index in [1.807, 2.05) is 0 Å². The largest absolute Gasteiger partial charge is 0.389 e. The van der Waals surface area contributed by atoms with Crippen LogP contribution in [0.4, 0.5) is 0 Å². The fourth-order valence-electron chi connectivity index (χ4n) is 2.08. The second-order valence-electron chi connectivity index (χ2n) is 5.82. The zero-order chi connectivity index (χ0) is 11.5. The fraction of sp³-hybridized carbons (Fsp3) is 1.00. The fourth-order valence-corrected chi connectivity index (χ4v) is 2.08. The van der Waals surface area contributed by atoms with Crippen LogP contribution in [0.1, 0.15) is 46.5 Å². The molecule has 0 radical (unpaired) electrons. The van der Waals surface area contributed by atoms with Crippen molar-refractivity contribution in [2.24, 2.45) is 5.92 Å². The highest BCUT2D eigenvalue weighted by atomic mass is 16.3. The van der Waals surface area contributed by atoms with Gasteiger partial charge < -0.3 is 15.5 Å². The SMILES string of the molecule is CC1CCC(O)(CNCC(C)(C)O)CC1. The lowest BCUT2D eigenvalue weighted by molar-refractivity contribution is -0.0115. The molecule has 0 bridgehead atoms. The van der Waals surface area contributed by atoms with E-state index in [9.17, 15) is 10.2 Å². The van der Waals surface area contributed by atoms with Crippen molar-refractivity contribution in [3.05, 3.63) is 0 Å². The molecule has 3 heteroatoms. The van der Waals surface area contributed by atoms with E-state index in [4.69, 9.17) is 0 Å². The smallest absolute Gasteiger partial charge is 0.0771 e. The Bertz CT molecular complexity index is 190. The van der Waals surface area contributed by atoms with Gasteiger partial charge in [0.1, 0.15) is 0 Å². The minimum atomic E-state index is -0.696. The van der Waals surface area contributed by atoms with Crippen LogP contribution in [0.5, 0.6) is 0 Å². The topological polar surface area (TPSA) is 52.5 Å². The lowest BCUT2D eigenvalue weighted by Crippen LogP contribution is -2.46.